The molecular weight excluding hydrogens is 184 g/mol. The number of carboxylic acids is 1. The molecule has 1 aliphatic rings. The number of carbonyl (C=O) groups excluding carboxylic acids is 1. The number of carbonyl (C=O) groups is 2. The van der Waals surface area contributed by atoms with Crippen LogP contribution in [-0.2, 0) is 9.59 Å². The molecule has 1 aliphatic heterocycles. The van der Waals surface area contributed by atoms with E-state index in [1.54, 1.807) is 4.90 Å². The maximum atomic E-state index is 11.4. The largest absolute Gasteiger partial charge is 0.480 e. The van der Waals surface area contributed by atoms with Crippen molar-refractivity contribution in [1.29, 1.82) is 0 Å². The first-order valence-electron chi connectivity index (χ1n) is 4.87. The molecule has 1 amide bonds. The first-order valence-corrected chi connectivity index (χ1v) is 4.87. The summed E-state index contributed by atoms with van der Waals surface area (Å²) in [6.07, 6.45) is 3.40. The van der Waals surface area contributed by atoms with E-state index in [2.05, 4.69) is 0 Å². The van der Waals surface area contributed by atoms with Crippen molar-refractivity contribution in [3.05, 3.63) is 0 Å². The lowest BCUT2D eigenvalue weighted by atomic mass is 10.2. The first-order chi connectivity index (χ1) is 6.61. The van der Waals surface area contributed by atoms with Crippen molar-refractivity contribution in [1.82, 2.24) is 4.90 Å². The minimum absolute atomic E-state index is 0.0270. The third-order valence-electron chi connectivity index (χ3n) is 2.41. The molecule has 0 aromatic rings. The summed E-state index contributed by atoms with van der Waals surface area (Å²) in [6.45, 7) is 0.772. The molecule has 0 saturated carbocycles. The molecule has 1 saturated heterocycles. The number of amides is 1. The average molecular weight is 200 g/mol. The number of aliphatic carboxylic acids is 1. The lowest BCUT2D eigenvalue weighted by molar-refractivity contribution is -0.140. The summed E-state index contributed by atoms with van der Waals surface area (Å²) < 4.78 is 0. The van der Waals surface area contributed by atoms with E-state index in [9.17, 15) is 9.59 Å². The van der Waals surface area contributed by atoms with Gasteiger partial charge in [-0.05, 0) is 12.8 Å². The van der Waals surface area contributed by atoms with Crippen molar-refractivity contribution in [2.24, 2.45) is 5.73 Å². The Bertz CT molecular complexity index is 230. The van der Waals surface area contributed by atoms with Crippen LogP contribution in [0.1, 0.15) is 25.7 Å². The monoisotopic (exact) mass is 200 g/mol. The molecule has 80 valence electrons. The number of hydrogen-bond donors (Lipinski definition) is 2. The highest BCUT2D eigenvalue weighted by Gasteiger charge is 2.21. The summed E-state index contributed by atoms with van der Waals surface area (Å²) in [5.41, 5.74) is 5.37. The summed E-state index contributed by atoms with van der Waals surface area (Å²) in [6, 6.07) is -0.961. The number of rotatable bonds is 3. The Hall–Kier alpha value is -1.10. The Morgan fingerprint density at radius 2 is 2.21 bits per heavy atom. The highest BCUT2D eigenvalue weighted by atomic mass is 16.4. The van der Waals surface area contributed by atoms with Gasteiger partial charge in [0.25, 0.3) is 0 Å². The second-order valence-corrected chi connectivity index (χ2v) is 3.60. The van der Waals surface area contributed by atoms with Crippen LogP contribution >= 0.6 is 0 Å². The van der Waals surface area contributed by atoms with Crippen LogP contribution in [0.5, 0.6) is 0 Å². The fourth-order valence-electron chi connectivity index (χ4n) is 1.55. The van der Waals surface area contributed by atoms with E-state index in [1.165, 1.54) is 0 Å². The van der Waals surface area contributed by atoms with Gasteiger partial charge in [-0.2, -0.15) is 0 Å². The van der Waals surface area contributed by atoms with Gasteiger partial charge in [0.15, 0.2) is 0 Å². The lowest BCUT2D eigenvalue weighted by Gasteiger charge is -2.22. The SMILES string of the molecule is NC(CN1CCCCCC1=O)C(=O)O. The molecule has 1 rings (SSSR count). The summed E-state index contributed by atoms with van der Waals surface area (Å²) in [5, 5.41) is 8.61. The van der Waals surface area contributed by atoms with Gasteiger partial charge in [0.05, 0.1) is 0 Å². The minimum Gasteiger partial charge on any atom is -0.480 e. The summed E-state index contributed by atoms with van der Waals surface area (Å²) in [4.78, 5) is 23.5. The van der Waals surface area contributed by atoms with E-state index < -0.39 is 12.0 Å². The van der Waals surface area contributed by atoms with Crippen LogP contribution in [0, 0.1) is 0 Å². The molecule has 0 spiro atoms. The van der Waals surface area contributed by atoms with Gasteiger partial charge in [-0.25, -0.2) is 0 Å². The molecule has 1 atom stereocenters. The normalized spacial score (nSPS) is 20.4. The Balaban J connectivity index is 2.48. The van der Waals surface area contributed by atoms with E-state index in [4.69, 9.17) is 10.8 Å². The molecule has 0 radical (unpaired) electrons. The van der Waals surface area contributed by atoms with E-state index in [-0.39, 0.29) is 12.5 Å². The van der Waals surface area contributed by atoms with E-state index in [0.717, 1.165) is 19.3 Å². The van der Waals surface area contributed by atoms with Crippen molar-refractivity contribution in [3.8, 4) is 0 Å². The van der Waals surface area contributed by atoms with Gasteiger partial charge >= 0.3 is 5.97 Å². The van der Waals surface area contributed by atoms with Gasteiger partial charge < -0.3 is 15.7 Å². The number of hydrogen-bond acceptors (Lipinski definition) is 3. The van der Waals surface area contributed by atoms with Gasteiger partial charge in [-0.3, -0.25) is 9.59 Å². The molecule has 1 heterocycles. The molecule has 5 heteroatoms. The summed E-state index contributed by atoms with van der Waals surface area (Å²) >= 11 is 0. The third-order valence-corrected chi connectivity index (χ3v) is 2.41. The van der Waals surface area contributed by atoms with E-state index in [1.807, 2.05) is 0 Å². The van der Waals surface area contributed by atoms with Gasteiger partial charge in [0, 0.05) is 19.5 Å². The number of nitrogens with zero attached hydrogens (tertiary/aromatic N) is 1. The van der Waals surface area contributed by atoms with Gasteiger partial charge in [-0.1, -0.05) is 6.42 Å². The summed E-state index contributed by atoms with van der Waals surface area (Å²) in [5.74, 6) is -1.03. The van der Waals surface area contributed by atoms with Crippen LogP contribution in [0.4, 0.5) is 0 Å². The predicted octanol–water partition coefficient (Wildman–Crippen LogP) is -0.199. The number of likely N-dealkylation sites (tertiary alicyclic amines) is 1. The van der Waals surface area contributed by atoms with Crippen molar-refractivity contribution in [2.75, 3.05) is 13.1 Å². The molecule has 14 heavy (non-hydrogen) atoms. The van der Waals surface area contributed by atoms with Crippen LogP contribution in [0.2, 0.25) is 0 Å². The molecule has 0 aromatic heterocycles. The van der Waals surface area contributed by atoms with Crippen LogP contribution in [0.15, 0.2) is 0 Å². The maximum Gasteiger partial charge on any atom is 0.322 e. The number of nitrogens with two attached hydrogens (primary N) is 1. The van der Waals surface area contributed by atoms with E-state index in [0.29, 0.717) is 13.0 Å². The van der Waals surface area contributed by atoms with Crippen molar-refractivity contribution >= 4 is 11.9 Å². The highest BCUT2D eigenvalue weighted by molar-refractivity contribution is 5.78. The Kier molecular flexibility index (Phi) is 3.88. The fourth-order valence-corrected chi connectivity index (χ4v) is 1.55. The van der Waals surface area contributed by atoms with Gasteiger partial charge in [0.1, 0.15) is 6.04 Å². The fraction of sp³-hybridized carbons (Fsp3) is 0.778. The standard InChI is InChI=1S/C9H16N2O3/c10-7(9(13)14)6-11-5-3-1-2-4-8(11)12/h7H,1-6,10H2,(H,13,14). The lowest BCUT2D eigenvalue weighted by Crippen LogP contribution is -2.45. The molecule has 0 aromatic carbocycles. The topological polar surface area (TPSA) is 83.6 Å². The Labute approximate surface area is 82.9 Å². The van der Waals surface area contributed by atoms with E-state index >= 15 is 0 Å². The molecule has 5 nitrogen and oxygen atoms in total. The molecule has 3 N–H and O–H groups in total. The average Bonchev–Trinajstić information content (AvgIpc) is 2.32. The zero-order chi connectivity index (χ0) is 10.6. The van der Waals surface area contributed by atoms with Gasteiger partial charge in [-0.15, -0.1) is 0 Å². The quantitative estimate of drug-likeness (QED) is 0.661. The van der Waals surface area contributed by atoms with Crippen LogP contribution in [0.3, 0.4) is 0 Å². The summed E-state index contributed by atoms with van der Waals surface area (Å²) in [7, 11) is 0. The van der Waals surface area contributed by atoms with Crippen LogP contribution in [-0.4, -0.2) is 41.0 Å². The zero-order valence-corrected chi connectivity index (χ0v) is 8.11. The van der Waals surface area contributed by atoms with Crippen molar-refractivity contribution in [3.63, 3.8) is 0 Å². The second kappa shape index (κ2) is 4.95. The smallest absolute Gasteiger partial charge is 0.322 e. The molecule has 0 aliphatic carbocycles. The molecular formula is C9H16N2O3. The Morgan fingerprint density at radius 1 is 1.50 bits per heavy atom. The highest BCUT2D eigenvalue weighted by Crippen LogP contribution is 2.10. The molecule has 0 bridgehead atoms. The minimum atomic E-state index is -1.05. The Morgan fingerprint density at radius 3 is 2.86 bits per heavy atom. The maximum absolute atomic E-state index is 11.4. The van der Waals surface area contributed by atoms with Crippen LogP contribution < -0.4 is 5.73 Å². The number of carboxylic acid groups (broad SMARTS) is 1. The van der Waals surface area contributed by atoms with Crippen molar-refractivity contribution < 1.29 is 14.7 Å². The van der Waals surface area contributed by atoms with Crippen molar-refractivity contribution in [2.45, 2.75) is 31.7 Å². The third kappa shape index (κ3) is 2.99. The predicted molar refractivity (Wildman–Crippen MR) is 50.7 cm³/mol. The molecule has 1 fully saturated rings. The second-order valence-electron chi connectivity index (χ2n) is 3.60. The van der Waals surface area contributed by atoms with Gasteiger partial charge in [0.2, 0.25) is 5.91 Å². The van der Waals surface area contributed by atoms with Crippen LogP contribution in [0.25, 0.3) is 0 Å². The first kappa shape index (κ1) is 11.0. The zero-order valence-electron chi connectivity index (χ0n) is 8.11. The molecule has 1 unspecified atom stereocenters.